The molecule has 1 aromatic carbocycles. The smallest absolute Gasteiger partial charge is 0.269 e. The number of non-ortho nitro benzene ring substituents is 1. The van der Waals surface area contributed by atoms with Gasteiger partial charge in [-0.05, 0) is 18.6 Å². The molecule has 0 radical (unpaired) electrons. The molecule has 1 aromatic rings. The van der Waals surface area contributed by atoms with Gasteiger partial charge in [0.15, 0.2) is 5.71 Å². The van der Waals surface area contributed by atoms with Gasteiger partial charge in [0, 0.05) is 24.1 Å². The van der Waals surface area contributed by atoms with E-state index in [0.717, 1.165) is 12.8 Å². The van der Waals surface area contributed by atoms with E-state index in [1.807, 2.05) is 12.1 Å². The molecule has 0 unspecified atom stereocenters. The second-order valence-corrected chi connectivity index (χ2v) is 3.49. The zero-order valence-electron chi connectivity index (χ0n) is 9.10. The van der Waals surface area contributed by atoms with Crippen LogP contribution in [-0.2, 0) is 0 Å². The number of unbranched alkanes of at least 4 members (excludes halogenated alkanes) is 1. The van der Waals surface area contributed by atoms with Crippen molar-refractivity contribution in [2.45, 2.75) is 26.2 Å². The van der Waals surface area contributed by atoms with Crippen LogP contribution in [0.3, 0.4) is 0 Å². The molecule has 0 saturated carbocycles. The van der Waals surface area contributed by atoms with E-state index in [1.165, 1.54) is 12.1 Å². The van der Waals surface area contributed by atoms with Crippen molar-refractivity contribution in [3.05, 3.63) is 45.2 Å². The summed E-state index contributed by atoms with van der Waals surface area (Å²) in [5, 5.41) is 23.1. The summed E-state index contributed by atoms with van der Waals surface area (Å²) in [7, 11) is 0. The van der Waals surface area contributed by atoms with E-state index in [4.69, 9.17) is 0 Å². The molecule has 0 fully saturated rings. The number of hydrogen-bond acceptors (Lipinski definition) is 3. The molecule has 0 atom stereocenters. The second kappa shape index (κ2) is 5.85. The van der Waals surface area contributed by atoms with Gasteiger partial charge in [-0.2, -0.15) is 0 Å². The van der Waals surface area contributed by atoms with E-state index in [9.17, 15) is 15.3 Å². The third-order valence-electron chi connectivity index (χ3n) is 2.33. The quantitative estimate of drug-likeness (QED) is 0.351. The molecule has 0 spiro atoms. The standard InChI is InChI=1S/C11H14N2O3/c1-2-3-4-11(12-14)9-5-7-10(8-6-9)13(15)16/h5-8,12H,2-4H2,1H3. The lowest BCUT2D eigenvalue weighted by Crippen LogP contribution is -2.65. The number of nitro benzene ring substituents is 1. The van der Waals surface area contributed by atoms with Crippen LogP contribution in [0.15, 0.2) is 24.3 Å². The zero-order valence-corrected chi connectivity index (χ0v) is 9.10. The Morgan fingerprint density at radius 3 is 2.44 bits per heavy atom. The maximum absolute atomic E-state index is 10.7. The zero-order chi connectivity index (χ0) is 12.0. The first kappa shape index (κ1) is 12.2. The largest absolute Gasteiger partial charge is 0.625 e. The Kier molecular flexibility index (Phi) is 4.44. The lowest BCUT2D eigenvalue weighted by Gasteiger charge is -2.01. The molecule has 1 rings (SSSR count). The van der Waals surface area contributed by atoms with Crippen molar-refractivity contribution >= 4 is 11.4 Å². The third-order valence-corrected chi connectivity index (χ3v) is 2.33. The fraction of sp³-hybridized carbons (Fsp3) is 0.364. The summed E-state index contributed by atoms with van der Waals surface area (Å²) in [4.78, 5) is 9.99. The molecule has 1 N–H and O–H groups in total. The Bertz CT molecular complexity index is 385. The Hall–Kier alpha value is -1.91. The number of rotatable bonds is 5. The second-order valence-electron chi connectivity index (χ2n) is 3.49. The van der Waals surface area contributed by atoms with Crippen molar-refractivity contribution in [2.24, 2.45) is 0 Å². The number of hydrogen-bond donors (Lipinski definition) is 1. The average Bonchev–Trinajstić information content (AvgIpc) is 2.30. The van der Waals surface area contributed by atoms with Crippen LogP contribution in [-0.4, -0.2) is 10.6 Å². The average molecular weight is 222 g/mol. The molecule has 5 heteroatoms. The molecule has 0 aliphatic carbocycles. The van der Waals surface area contributed by atoms with Crippen LogP contribution in [0.1, 0.15) is 31.7 Å². The van der Waals surface area contributed by atoms with Crippen molar-refractivity contribution in [3.8, 4) is 0 Å². The highest BCUT2D eigenvalue weighted by molar-refractivity contribution is 5.96. The molecule has 0 heterocycles. The minimum Gasteiger partial charge on any atom is -0.625 e. The van der Waals surface area contributed by atoms with Gasteiger partial charge in [-0.25, -0.2) is 5.16 Å². The summed E-state index contributed by atoms with van der Waals surface area (Å²) in [6, 6.07) is 5.99. The van der Waals surface area contributed by atoms with Crippen LogP contribution in [0.25, 0.3) is 0 Å². The summed E-state index contributed by atoms with van der Waals surface area (Å²) in [6.45, 7) is 2.04. The monoisotopic (exact) mass is 222 g/mol. The summed E-state index contributed by atoms with van der Waals surface area (Å²) in [5.74, 6) is 0. The maximum Gasteiger partial charge on any atom is 0.269 e. The van der Waals surface area contributed by atoms with E-state index >= 15 is 0 Å². The molecule has 0 aliphatic heterocycles. The Morgan fingerprint density at radius 2 is 2.00 bits per heavy atom. The predicted octanol–water partition coefficient (Wildman–Crippen LogP) is 1.15. The van der Waals surface area contributed by atoms with Crippen LogP contribution in [0, 0.1) is 15.3 Å². The van der Waals surface area contributed by atoms with Crippen LogP contribution in [0.2, 0.25) is 0 Å². The molecular formula is C11H14N2O3. The Balaban J connectivity index is 2.83. The molecule has 0 saturated heterocycles. The maximum atomic E-state index is 10.7. The summed E-state index contributed by atoms with van der Waals surface area (Å²) < 4.78 is 0. The Morgan fingerprint density at radius 1 is 1.38 bits per heavy atom. The molecule has 0 bridgehead atoms. The highest BCUT2D eigenvalue weighted by Gasteiger charge is 2.10. The molecule has 5 nitrogen and oxygen atoms in total. The highest BCUT2D eigenvalue weighted by atomic mass is 16.6. The van der Waals surface area contributed by atoms with Crippen molar-refractivity contribution in [1.29, 1.82) is 0 Å². The van der Waals surface area contributed by atoms with Gasteiger partial charge >= 0.3 is 0 Å². The highest BCUT2D eigenvalue weighted by Crippen LogP contribution is 2.13. The molecule has 0 aromatic heterocycles. The molecule has 86 valence electrons. The normalized spacial score (nSPS) is 11.4. The lowest BCUT2D eigenvalue weighted by molar-refractivity contribution is -0.384. The van der Waals surface area contributed by atoms with E-state index in [2.05, 4.69) is 0 Å². The van der Waals surface area contributed by atoms with Crippen LogP contribution in [0.4, 0.5) is 5.69 Å². The van der Waals surface area contributed by atoms with Gasteiger partial charge in [-0.15, -0.1) is 0 Å². The first-order valence-electron chi connectivity index (χ1n) is 5.17. The van der Waals surface area contributed by atoms with E-state index in [-0.39, 0.29) is 5.69 Å². The first-order chi connectivity index (χ1) is 7.69. The third kappa shape index (κ3) is 3.05. The van der Waals surface area contributed by atoms with E-state index in [0.29, 0.717) is 17.7 Å². The fourth-order valence-electron chi connectivity index (χ4n) is 1.39. The van der Waals surface area contributed by atoms with Gasteiger partial charge in [-0.1, -0.05) is 13.3 Å². The number of nitrogens with one attached hydrogen (secondary N) is 1. The van der Waals surface area contributed by atoms with Crippen molar-refractivity contribution in [3.63, 3.8) is 0 Å². The fourth-order valence-corrected chi connectivity index (χ4v) is 1.39. The molecule has 16 heavy (non-hydrogen) atoms. The number of nitrogens with zero attached hydrogens (tertiary/aromatic N) is 1. The molecular weight excluding hydrogens is 208 g/mol. The van der Waals surface area contributed by atoms with Gasteiger partial charge in [0.25, 0.3) is 5.69 Å². The van der Waals surface area contributed by atoms with Crippen molar-refractivity contribution < 1.29 is 10.1 Å². The van der Waals surface area contributed by atoms with Gasteiger partial charge in [0.2, 0.25) is 0 Å². The van der Waals surface area contributed by atoms with Crippen LogP contribution >= 0.6 is 0 Å². The molecule has 0 aliphatic rings. The van der Waals surface area contributed by atoms with Gasteiger partial charge in [0.05, 0.1) is 4.92 Å². The van der Waals surface area contributed by atoms with Crippen LogP contribution in [0.5, 0.6) is 0 Å². The number of nitro groups is 1. The molecule has 0 amide bonds. The summed E-state index contributed by atoms with van der Waals surface area (Å²) >= 11 is 0. The summed E-state index contributed by atoms with van der Waals surface area (Å²) in [6.07, 6.45) is 2.58. The minimum atomic E-state index is -0.458. The summed E-state index contributed by atoms with van der Waals surface area (Å²) in [5.41, 5.74) is 1.33. The van der Waals surface area contributed by atoms with Crippen molar-refractivity contribution in [2.75, 3.05) is 0 Å². The Labute approximate surface area is 93.6 Å². The minimum absolute atomic E-state index is 0.0319. The van der Waals surface area contributed by atoms with E-state index < -0.39 is 4.92 Å². The van der Waals surface area contributed by atoms with E-state index in [1.54, 1.807) is 12.1 Å². The van der Waals surface area contributed by atoms with Gasteiger partial charge in [0.1, 0.15) is 0 Å². The lowest BCUT2D eigenvalue weighted by atomic mass is 10.0. The number of benzene rings is 1. The topological polar surface area (TPSA) is 80.2 Å². The van der Waals surface area contributed by atoms with Gasteiger partial charge < -0.3 is 5.21 Å². The predicted molar refractivity (Wildman–Crippen MR) is 61.1 cm³/mol. The van der Waals surface area contributed by atoms with Crippen LogP contribution < -0.4 is 5.16 Å². The SMILES string of the molecule is CCCCC(=[NH+][O-])c1ccc([N+](=O)[O-])cc1. The first-order valence-corrected chi connectivity index (χ1v) is 5.17. The van der Waals surface area contributed by atoms with Gasteiger partial charge in [-0.3, -0.25) is 10.1 Å². The van der Waals surface area contributed by atoms with Crippen molar-refractivity contribution in [1.82, 2.24) is 0 Å².